The van der Waals surface area contributed by atoms with Crippen LogP contribution in [0.2, 0.25) is 0 Å². The second kappa shape index (κ2) is 27.7. The Kier molecular flexibility index (Phi) is 27.4. The van der Waals surface area contributed by atoms with E-state index in [2.05, 4.69) is 6.58 Å². The van der Waals surface area contributed by atoms with Crippen molar-refractivity contribution in [2.75, 3.05) is 13.2 Å². The normalized spacial score (nSPS) is 11.9. The van der Waals surface area contributed by atoms with Gasteiger partial charge in [-0.25, -0.2) is 0 Å². The van der Waals surface area contributed by atoms with Crippen LogP contribution in [0.1, 0.15) is 51.7 Å². The number of allylic oxidation sites excluding steroid dienone is 4. The van der Waals surface area contributed by atoms with Crippen molar-refractivity contribution in [1.29, 1.82) is 0 Å². The first-order valence-corrected chi connectivity index (χ1v) is 12.2. The van der Waals surface area contributed by atoms with Crippen LogP contribution in [-0.4, -0.2) is 40.9 Å². The summed E-state index contributed by atoms with van der Waals surface area (Å²) in [6.07, 6.45) is 10.5. The fraction of sp³-hybridized carbons (Fsp3) is 0.400. The molecule has 0 aliphatic carbocycles. The first kappa shape index (κ1) is 34.6. The van der Waals surface area contributed by atoms with Crippen LogP contribution in [0, 0.1) is 0 Å². The Morgan fingerprint density at radius 2 is 1.37 bits per heavy atom. The van der Waals surface area contributed by atoms with Crippen molar-refractivity contribution >= 4 is 0 Å². The quantitative estimate of drug-likeness (QED) is 0.189. The summed E-state index contributed by atoms with van der Waals surface area (Å²) in [5, 5.41) is 26.1. The summed E-state index contributed by atoms with van der Waals surface area (Å²) in [6.45, 7) is 12.7. The molecule has 0 bridgehead atoms. The molecular formula is C30H46O5. The second-order valence-electron chi connectivity index (χ2n) is 6.97. The van der Waals surface area contributed by atoms with E-state index in [0.717, 1.165) is 24.0 Å². The maximum absolute atomic E-state index is 9.07. The molecule has 2 atom stereocenters. The lowest BCUT2D eigenvalue weighted by Gasteiger charge is -2.17. The van der Waals surface area contributed by atoms with E-state index in [4.69, 9.17) is 24.8 Å². The number of aliphatic hydroxyl groups excluding tert-OH is 3. The highest BCUT2D eigenvalue weighted by Gasteiger charge is 2.08. The van der Waals surface area contributed by atoms with Crippen LogP contribution in [-0.2, 0) is 22.7 Å². The third kappa shape index (κ3) is 24.4. The lowest BCUT2D eigenvalue weighted by molar-refractivity contribution is -0.142. The van der Waals surface area contributed by atoms with Crippen LogP contribution in [0.15, 0.2) is 97.6 Å². The van der Waals surface area contributed by atoms with Crippen LogP contribution in [0.3, 0.4) is 0 Å². The number of ether oxygens (including phenoxy) is 2. The molecule has 0 aromatic heterocycles. The van der Waals surface area contributed by atoms with E-state index in [-0.39, 0.29) is 19.3 Å². The summed E-state index contributed by atoms with van der Waals surface area (Å²) in [6, 6.07) is 19.0. The van der Waals surface area contributed by atoms with Crippen LogP contribution >= 0.6 is 0 Å². The predicted octanol–water partition coefficient (Wildman–Crippen LogP) is 6.21. The molecule has 0 aliphatic heterocycles. The van der Waals surface area contributed by atoms with Crippen LogP contribution in [0.5, 0.6) is 0 Å². The van der Waals surface area contributed by atoms with Gasteiger partial charge < -0.3 is 24.8 Å². The van der Waals surface area contributed by atoms with Crippen molar-refractivity contribution in [3.05, 3.63) is 109 Å². The van der Waals surface area contributed by atoms with Crippen molar-refractivity contribution in [3.63, 3.8) is 0 Å². The van der Waals surface area contributed by atoms with Gasteiger partial charge in [-0.15, -0.1) is 0 Å². The molecule has 0 heterocycles. The molecule has 2 unspecified atom stereocenters. The molecule has 3 N–H and O–H groups in total. The molecule has 0 radical (unpaired) electrons. The lowest BCUT2D eigenvalue weighted by Crippen LogP contribution is -2.24. The molecule has 0 fully saturated rings. The third-order valence-corrected chi connectivity index (χ3v) is 4.12. The van der Waals surface area contributed by atoms with Gasteiger partial charge in [-0.3, -0.25) is 0 Å². The number of hydrogen-bond donors (Lipinski definition) is 3. The highest BCUT2D eigenvalue weighted by Crippen LogP contribution is 2.02. The maximum atomic E-state index is 9.07. The van der Waals surface area contributed by atoms with Gasteiger partial charge >= 0.3 is 0 Å². The van der Waals surface area contributed by atoms with Gasteiger partial charge in [0.05, 0.1) is 32.5 Å². The van der Waals surface area contributed by atoms with Crippen LogP contribution in [0.4, 0.5) is 0 Å². The minimum absolute atomic E-state index is 0.0281. The van der Waals surface area contributed by atoms with Crippen molar-refractivity contribution in [1.82, 2.24) is 0 Å². The number of rotatable bonds is 12. The molecule has 2 aromatic carbocycles. The van der Waals surface area contributed by atoms with Crippen molar-refractivity contribution < 1.29 is 24.8 Å². The molecule has 2 rings (SSSR count). The van der Waals surface area contributed by atoms with Gasteiger partial charge in [0.1, 0.15) is 0 Å². The van der Waals surface area contributed by atoms with E-state index in [1.807, 2.05) is 106 Å². The average Bonchev–Trinajstić information content (AvgIpc) is 2.92. The largest absolute Gasteiger partial charge is 0.392 e. The van der Waals surface area contributed by atoms with Crippen molar-refractivity contribution in [2.45, 2.75) is 66.1 Å². The fourth-order valence-electron chi connectivity index (χ4n) is 2.38. The van der Waals surface area contributed by atoms with Gasteiger partial charge in [0.15, 0.2) is 6.29 Å². The van der Waals surface area contributed by atoms with Crippen molar-refractivity contribution in [2.24, 2.45) is 0 Å². The standard InChI is InChI=1S/C14H24O3.2C7H8O.C2H6/c1-4-6-7-8-9-10-11-16-12-14(5-2)17-13(3)15;2*8-6-7-4-2-1-3-5-7;1-2/h4,6-9,13-15H,1,5,10-12H2,2-3H3;2*1-5,8H,6H2;1-2H3/b7-6-,9-8-;;;. The molecule has 35 heavy (non-hydrogen) atoms. The Morgan fingerprint density at radius 1 is 0.857 bits per heavy atom. The SMILES string of the molecule is C=C/C=C\C=C/CCOCC(CC)OC(C)O.CC.OCc1ccccc1.OCc1ccccc1. The zero-order chi connectivity index (χ0) is 26.6. The molecular weight excluding hydrogens is 440 g/mol. The smallest absolute Gasteiger partial charge is 0.152 e. The Bertz CT molecular complexity index is 687. The molecule has 5 heteroatoms. The topological polar surface area (TPSA) is 79.2 Å². The highest BCUT2D eigenvalue weighted by atomic mass is 16.6. The van der Waals surface area contributed by atoms with Crippen molar-refractivity contribution in [3.8, 4) is 0 Å². The predicted molar refractivity (Wildman–Crippen MR) is 147 cm³/mol. The minimum Gasteiger partial charge on any atom is -0.392 e. The molecule has 0 saturated carbocycles. The average molecular weight is 487 g/mol. The summed E-state index contributed by atoms with van der Waals surface area (Å²) in [7, 11) is 0. The van der Waals surface area contributed by atoms with Gasteiger partial charge in [0.2, 0.25) is 0 Å². The minimum atomic E-state index is -0.729. The molecule has 0 amide bonds. The molecule has 196 valence electrons. The Morgan fingerprint density at radius 3 is 1.74 bits per heavy atom. The summed E-state index contributed by atoms with van der Waals surface area (Å²) < 4.78 is 10.7. The van der Waals surface area contributed by atoms with Gasteiger partial charge in [0.25, 0.3) is 0 Å². The van der Waals surface area contributed by atoms with E-state index < -0.39 is 6.29 Å². The number of aliphatic hydroxyl groups is 3. The number of benzene rings is 2. The van der Waals surface area contributed by atoms with Crippen LogP contribution < -0.4 is 0 Å². The van der Waals surface area contributed by atoms with Gasteiger partial charge in [-0.1, -0.05) is 118 Å². The molecule has 0 spiro atoms. The first-order chi connectivity index (χ1) is 17.1. The van der Waals surface area contributed by atoms with E-state index >= 15 is 0 Å². The van der Waals surface area contributed by atoms with E-state index in [9.17, 15) is 0 Å². The van der Waals surface area contributed by atoms with Gasteiger partial charge in [-0.2, -0.15) is 0 Å². The Balaban J connectivity index is 0. The summed E-state index contributed by atoms with van der Waals surface area (Å²) in [5.41, 5.74) is 1.93. The van der Waals surface area contributed by atoms with Gasteiger partial charge in [0, 0.05) is 0 Å². The molecule has 2 aromatic rings. The maximum Gasteiger partial charge on any atom is 0.152 e. The monoisotopic (exact) mass is 486 g/mol. The summed E-state index contributed by atoms with van der Waals surface area (Å²) >= 11 is 0. The van der Waals surface area contributed by atoms with E-state index in [1.54, 1.807) is 13.0 Å². The molecule has 0 saturated heterocycles. The van der Waals surface area contributed by atoms with Crippen LogP contribution in [0.25, 0.3) is 0 Å². The van der Waals surface area contributed by atoms with E-state index in [0.29, 0.717) is 13.2 Å². The van der Waals surface area contributed by atoms with E-state index in [1.165, 1.54) is 0 Å². The Labute approximate surface area is 213 Å². The molecule has 5 nitrogen and oxygen atoms in total. The molecule has 0 aliphatic rings. The summed E-state index contributed by atoms with van der Waals surface area (Å²) in [4.78, 5) is 0. The Hall–Kier alpha value is -2.54. The second-order valence-corrected chi connectivity index (χ2v) is 6.97. The van der Waals surface area contributed by atoms with Gasteiger partial charge in [-0.05, 0) is 30.9 Å². The lowest BCUT2D eigenvalue weighted by atomic mass is 10.2. The highest BCUT2D eigenvalue weighted by molar-refractivity contribution is 5.13. The zero-order valence-electron chi connectivity index (χ0n) is 21.9. The zero-order valence-corrected chi connectivity index (χ0v) is 21.9. The fourth-order valence-corrected chi connectivity index (χ4v) is 2.38. The first-order valence-electron chi connectivity index (χ1n) is 12.2. The number of hydrogen-bond acceptors (Lipinski definition) is 5. The summed E-state index contributed by atoms with van der Waals surface area (Å²) in [5.74, 6) is 0. The third-order valence-electron chi connectivity index (χ3n) is 4.12.